The normalized spacial score (nSPS) is 27.2. The van der Waals surface area contributed by atoms with Gasteiger partial charge in [-0.05, 0) is 44.9 Å². The molecule has 0 aliphatic carbocycles. The van der Waals surface area contributed by atoms with E-state index in [-0.39, 0.29) is 12.1 Å². The lowest BCUT2D eigenvalue weighted by atomic mass is 9.91. The topological polar surface area (TPSA) is 42.4 Å². The molecule has 20 heavy (non-hydrogen) atoms. The van der Waals surface area contributed by atoms with Crippen LogP contribution in [0, 0.1) is 0 Å². The summed E-state index contributed by atoms with van der Waals surface area (Å²) >= 11 is 0. The Kier molecular flexibility index (Phi) is 5.12. The van der Waals surface area contributed by atoms with E-state index < -0.39 is 0 Å². The van der Waals surface area contributed by atoms with Gasteiger partial charge in [-0.2, -0.15) is 0 Å². The van der Waals surface area contributed by atoms with E-state index in [2.05, 4.69) is 30.8 Å². The van der Waals surface area contributed by atoms with Gasteiger partial charge < -0.3 is 9.64 Å². The first-order valence-corrected chi connectivity index (χ1v) is 7.48. The summed E-state index contributed by atoms with van der Waals surface area (Å²) in [6.45, 7) is 4.39. The van der Waals surface area contributed by atoms with Gasteiger partial charge in [-0.15, -0.1) is 0 Å². The summed E-state index contributed by atoms with van der Waals surface area (Å²) in [5.41, 5.74) is 0.583. The van der Waals surface area contributed by atoms with Gasteiger partial charge in [-0.25, -0.2) is 4.79 Å². The molecule has 1 aromatic heterocycles. The zero-order chi connectivity index (χ0) is 14.5. The molecule has 1 aromatic rings. The number of esters is 1. The fourth-order valence-electron chi connectivity index (χ4n) is 3.05. The predicted octanol–water partition coefficient (Wildman–Crippen LogP) is 2.89. The second-order valence-electron chi connectivity index (χ2n) is 5.52. The first-order valence-electron chi connectivity index (χ1n) is 7.48. The number of carbonyl (C=O) groups is 1. The van der Waals surface area contributed by atoms with Crippen molar-refractivity contribution in [2.24, 2.45) is 0 Å². The van der Waals surface area contributed by atoms with Crippen molar-refractivity contribution in [3.63, 3.8) is 0 Å². The van der Waals surface area contributed by atoms with E-state index in [9.17, 15) is 4.79 Å². The van der Waals surface area contributed by atoms with E-state index in [0.29, 0.717) is 17.6 Å². The molecular weight excluding hydrogens is 252 g/mol. The molecule has 4 heteroatoms. The Balaban J connectivity index is 2.00. The molecule has 3 atom stereocenters. The molecule has 0 radical (unpaired) electrons. The van der Waals surface area contributed by atoms with Crippen molar-refractivity contribution in [3.05, 3.63) is 30.1 Å². The van der Waals surface area contributed by atoms with Crippen molar-refractivity contribution < 1.29 is 9.53 Å². The summed E-state index contributed by atoms with van der Waals surface area (Å²) in [4.78, 5) is 18.5. The van der Waals surface area contributed by atoms with Crippen LogP contribution in [0.4, 0.5) is 0 Å². The Morgan fingerprint density at radius 1 is 1.25 bits per heavy atom. The van der Waals surface area contributed by atoms with Crippen LogP contribution in [-0.2, 0) is 4.74 Å². The summed E-state index contributed by atoms with van der Waals surface area (Å²) in [6.07, 6.45) is 7.32. The third kappa shape index (κ3) is 3.37. The molecule has 4 nitrogen and oxygen atoms in total. The number of pyridine rings is 1. The highest BCUT2D eigenvalue weighted by molar-refractivity contribution is 5.89. The molecule has 1 unspecified atom stereocenters. The summed E-state index contributed by atoms with van der Waals surface area (Å²) in [5.74, 6) is -0.230. The summed E-state index contributed by atoms with van der Waals surface area (Å²) in [5, 5.41) is 0. The largest absolute Gasteiger partial charge is 0.459 e. The van der Waals surface area contributed by atoms with Gasteiger partial charge in [0.05, 0.1) is 5.56 Å². The molecule has 0 spiro atoms. The van der Waals surface area contributed by atoms with Crippen LogP contribution < -0.4 is 0 Å². The molecule has 0 amide bonds. The van der Waals surface area contributed by atoms with Crippen LogP contribution in [0.25, 0.3) is 0 Å². The van der Waals surface area contributed by atoms with Crippen LogP contribution in [0.2, 0.25) is 0 Å². The Bertz CT molecular complexity index is 421. The van der Waals surface area contributed by atoms with Crippen LogP contribution in [0.5, 0.6) is 0 Å². The lowest BCUT2D eigenvalue weighted by molar-refractivity contribution is -0.0177. The monoisotopic (exact) mass is 276 g/mol. The SMILES string of the molecule is CC[C@@H]1CC(OC(=O)c2ccncc2)C[C@H](CC)N1C. The Labute approximate surface area is 121 Å². The van der Waals surface area contributed by atoms with Crippen LogP contribution >= 0.6 is 0 Å². The van der Waals surface area contributed by atoms with Crippen LogP contribution in [0.1, 0.15) is 49.9 Å². The number of piperidine rings is 1. The van der Waals surface area contributed by atoms with E-state index in [4.69, 9.17) is 4.74 Å². The number of hydrogen-bond acceptors (Lipinski definition) is 4. The molecule has 0 bridgehead atoms. The molecule has 1 aliphatic heterocycles. The van der Waals surface area contributed by atoms with E-state index in [1.54, 1.807) is 24.5 Å². The van der Waals surface area contributed by atoms with Crippen molar-refractivity contribution in [1.29, 1.82) is 0 Å². The molecule has 1 fully saturated rings. The predicted molar refractivity (Wildman–Crippen MR) is 78.6 cm³/mol. The Morgan fingerprint density at radius 2 is 1.80 bits per heavy atom. The molecule has 0 N–H and O–H groups in total. The maximum Gasteiger partial charge on any atom is 0.338 e. The van der Waals surface area contributed by atoms with E-state index in [0.717, 1.165) is 25.7 Å². The number of carbonyl (C=O) groups excluding carboxylic acids is 1. The Hall–Kier alpha value is -1.42. The van der Waals surface area contributed by atoms with Gasteiger partial charge in [0, 0.05) is 24.5 Å². The fourth-order valence-corrected chi connectivity index (χ4v) is 3.05. The van der Waals surface area contributed by atoms with Gasteiger partial charge in [0.15, 0.2) is 0 Å². The number of ether oxygens (including phenoxy) is 1. The third-order valence-corrected chi connectivity index (χ3v) is 4.35. The lowest BCUT2D eigenvalue weighted by Gasteiger charge is -2.42. The molecule has 2 rings (SSSR count). The van der Waals surface area contributed by atoms with Crippen molar-refractivity contribution in [3.8, 4) is 0 Å². The molecule has 110 valence electrons. The van der Waals surface area contributed by atoms with Gasteiger partial charge in [0.2, 0.25) is 0 Å². The van der Waals surface area contributed by atoms with Crippen molar-refractivity contribution in [1.82, 2.24) is 9.88 Å². The average molecular weight is 276 g/mol. The fraction of sp³-hybridized carbons (Fsp3) is 0.625. The third-order valence-electron chi connectivity index (χ3n) is 4.35. The number of nitrogens with zero attached hydrogens (tertiary/aromatic N) is 2. The highest BCUT2D eigenvalue weighted by Gasteiger charge is 2.33. The van der Waals surface area contributed by atoms with E-state index in [1.165, 1.54) is 0 Å². The minimum atomic E-state index is -0.230. The number of likely N-dealkylation sites (tertiary alicyclic amines) is 1. The van der Waals surface area contributed by atoms with Crippen LogP contribution in [0.3, 0.4) is 0 Å². The maximum absolute atomic E-state index is 12.1. The highest BCUT2D eigenvalue weighted by Crippen LogP contribution is 2.28. The summed E-state index contributed by atoms with van der Waals surface area (Å²) in [6, 6.07) is 4.41. The smallest absolute Gasteiger partial charge is 0.338 e. The molecule has 1 saturated heterocycles. The van der Waals surface area contributed by atoms with Gasteiger partial charge >= 0.3 is 5.97 Å². The van der Waals surface area contributed by atoms with Gasteiger partial charge in [0.25, 0.3) is 0 Å². The lowest BCUT2D eigenvalue weighted by Crippen LogP contribution is -2.49. The Morgan fingerprint density at radius 3 is 2.30 bits per heavy atom. The van der Waals surface area contributed by atoms with Crippen LogP contribution in [-0.4, -0.2) is 41.1 Å². The van der Waals surface area contributed by atoms with Gasteiger partial charge in [0.1, 0.15) is 6.10 Å². The zero-order valence-electron chi connectivity index (χ0n) is 12.6. The maximum atomic E-state index is 12.1. The molecule has 1 aliphatic rings. The van der Waals surface area contributed by atoms with E-state index in [1.807, 2.05) is 0 Å². The molecule has 2 heterocycles. The van der Waals surface area contributed by atoms with Crippen molar-refractivity contribution in [2.75, 3.05) is 7.05 Å². The highest BCUT2D eigenvalue weighted by atomic mass is 16.5. The zero-order valence-corrected chi connectivity index (χ0v) is 12.6. The summed E-state index contributed by atoms with van der Waals surface area (Å²) < 4.78 is 5.70. The summed E-state index contributed by atoms with van der Waals surface area (Å²) in [7, 11) is 2.18. The van der Waals surface area contributed by atoms with Crippen molar-refractivity contribution in [2.45, 2.75) is 57.7 Å². The second-order valence-corrected chi connectivity index (χ2v) is 5.52. The number of aromatic nitrogens is 1. The quantitative estimate of drug-likeness (QED) is 0.793. The molecular formula is C16H24N2O2. The van der Waals surface area contributed by atoms with Crippen molar-refractivity contribution >= 4 is 5.97 Å². The minimum absolute atomic E-state index is 0.0294. The standard InChI is InChI=1S/C16H24N2O2/c1-4-13-10-15(11-14(5-2)18(13)3)20-16(19)12-6-8-17-9-7-12/h6-9,13-15H,4-5,10-11H2,1-3H3/t13-,14+,15?. The number of rotatable bonds is 4. The number of hydrogen-bond donors (Lipinski definition) is 0. The average Bonchev–Trinajstić information content (AvgIpc) is 2.49. The van der Waals surface area contributed by atoms with Gasteiger partial charge in [-0.1, -0.05) is 13.8 Å². The first-order chi connectivity index (χ1) is 9.65. The van der Waals surface area contributed by atoms with Gasteiger partial charge in [-0.3, -0.25) is 4.98 Å². The van der Waals surface area contributed by atoms with Crippen LogP contribution in [0.15, 0.2) is 24.5 Å². The first kappa shape index (κ1) is 15.0. The second kappa shape index (κ2) is 6.84. The molecule has 0 aromatic carbocycles. The minimum Gasteiger partial charge on any atom is -0.459 e. The molecule has 0 saturated carbocycles. The van der Waals surface area contributed by atoms with E-state index >= 15 is 0 Å².